The molecule has 2 N–H and O–H groups in total. The molecule has 0 radical (unpaired) electrons. The first-order valence-corrected chi connectivity index (χ1v) is 6.46. The van der Waals surface area contributed by atoms with Crippen LogP contribution in [0.3, 0.4) is 0 Å². The Kier molecular flexibility index (Phi) is 5.35. The fraction of sp³-hybridized carbons (Fsp3) is 0.533. The summed E-state index contributed by atoms with van der Waals surface area (Å²) in [4.78, 5) is 12.1. The van der Waals surface area contributed by atoms with Gasteiger partial charge in [0, 0.05) is 6.54 Å². The van der Waals surface area contributed by atoms with E-state index in [1.165, 1.54) is 0 Å². The number of carbonyl (C=O) groups excluding carboxylic acids is 1. The minimum Gasteiger partial charge on any atom is -0.393 e. The van der Waals surface area contributed by atoms with E-state index in [9.17, 15) is 4.79 Å². The molecule has 0 bridgehead atoms. The van der Waals surface area contributed by atoms with Gasteiger partial charge in [0.25, 0.3) is 0 Å². The van der Waals surface area contributed by atoms with Crippen LogP contribution in [0.2, 0.25) is 0 Å². The van der Waals surface area contributed by atoms with E-state index < -0.39 is 5.41 Å². The van der Waals surface area contributed by atoms with Gasteiger partial charge in [-0.15, -0.1) is 0 Å². The molecular weight excluding hydrogens is 226 g/mol. The highest BCUT2D eigenvalue weighted by Crippen LogP contribution is 2.22. The van der Waals surface area contributed by atoms with Crippen molar-refractivity contribution in [1.29, 1.82) is 0 Å². The molecule has 0 heterocycles. The van der Waals surface area contributed by atoms with Gasteiger partial charge in [0.2, 0.25) is 5.91 Å². The molecule has 0 saturated heterocycles. The minimum atomic E-state index is -0.522. The number of carbonyl (C=O) groups is 1. The second-order valence-corrected chi connectivity index (χ2v) is 5.24. The minimum absolute atomic E-state index is 0.0271. The number of aliphatic hydroxyl groups excluding tert-OH is 1. The van der Waals surface area contributed by atoms with E-state index in [0.29, 0.717) is 13.0 Å². The van der Waals surface area contributed by atoms with Gasteiger partial charge in [0.1, 0.15) is 0 Å². The summed E-state index contributed by atoms with van der Waals surface area (Å²) in [6.07, 6.45) is 1.21. The quantitative estimate of drug-likeness (QED) is 0.760. The molecule has 3 nitrogen and oxygen atoms in total. The van der Waals surface area contributed by atoms with Crippen LogP contribution in [0, 0.1) is 0 Å². The molecule has 0 aromatic heterocycles. The van der Waals surface area contributed by atoms with Gasteiger partial charge in [-0.05, 0) is 39.2 Å². The molecule has 0 spiro atoms. The Bertz CT molecular complexity index is 371. The van der Waals surface area contributed by atoms with Crippen LogP contribution in [-0.4, -0.2) is 23.7 Å². The molecule has 1 atom stereocenters. The van der Waals surface area contributed by atoms with Crippen LogP contribution in [0.15, 0.2) is 30.3 Å². The second kappa shape index (κ2) is 6.55. The molecule has 0 fully saturated rings. The molecule has 1 amide bonds. The van der Waals surface area contributed by atoms with E-state index in [2.05, 4.69) is 5.32 Å². The van der Waals surface area contributed by atoms with Crippen LogP contribution >= 0.6 is 0 Å². The maximum atomic E-state index is 12.1. The zero-order valence-electron chi connectivity index (χ0n) is 11.4. The molecule has 1 aromatic rings. The van der Waals surface area contributed by atoms with Crippen molar-refractivity contribution in [2.24, 2.45) is 0 Å². The third kappa shape index (κ3) is 4.15. The first-order chi connectivity index (χ1) is 8.44. The monoisotopic (exact) mass is 249 g/mol. The Balaban J connectivity index is 2.50. The number of benzene rings is 1. The fourth-order valence-electron chi connectivity index (χ4n) is 1.81. The SMILES string of the molecule is CC(O)CCCNC(=O)C(C)(C)c1ccccc1. The molecule has 1 unspecified atom stereocenters. The third-order valence-electron chi connectivity index (χ3n) is 3.15. The smallest absolute Gasteiger partial charge is 0.230 e. The van der Waals surface area contributed by atoms with Crippen LogP contribution in [-0.2, 0) is 10.2 Å². The molecular formula is C15H23NO2. The maximum Gasteiger partial charge on any atom is 0.230 e. The van der Waals surface area contributed by atoms with Gasteiger partial charge >= 0.3 is 0 Å². The molecule has 0 aliphatic heterocycles. The fourth-order valence-corrected chi connectivity index (χ4v) is 1.81. The maximum absolute atomic E-state index is 12.1. The highest BCUT2D eigenvalue weighted by atomic mass is 16.3. The lowest BCUT2D eigenvalue weighted by Gasteiger charge is -2.24. The first-order valence-electron chi connectivity index (χ1n) is 6.46. The van der Waals surface area contributed by atoms with Gasteiger partial charge in [0.05, 0.1) is 11.5 Å². The zero-order chi connectivity index (χ0) is 13.6. The van der Waals surface area contributed by atoms with Crippen LogP contribution in [0.4, 0.5) is 0 Å². The highest BCUT2D eigenvalue weighted by Gasteiger charge is 2.28. The van der Waals surface area contributed by atoms with Crippen LogP contribution in [0.25, 0.3) is 0 Å². The van der Waals surface area contributed by atoms with Crippen molar-refractivity contribution in [1.82, 2.24) is 5.32 Å². The molecule has 3 heteroatoms. The molecule has 1 rings (SSSR count). The summed E-state index contributed by atoms with van der Waals surface area (Å²) in [5.74, 6) is 0.0271. The van der Waals surface area contributed by atoms with Crippen molar-refractivity contribution < 1.29 is 9.90 Å². The van der Waals surface area contributed by atoms with E-state index in [-0.39, 0.29) is 12.0 Å². The van der Waals surface area contributed by atoms with E-state index in [1.54, 1.807) is 6.92 Å². The topological polar surface area (TPSA) is 49.3 Å². The summed E-state index contributed by atoms with van der Waals surface area (Å²) in [6, 6.07) is 9.76. The molecule has 0 aliphatic carbocycles. The van der Waals surface area contributed by atoms with Crippen LogP contribution in [0.5, 0.6) is 0 Å². The molecule has 18 heavy (non-hydrogen) atoms. The largest absolute Gasteiger partial charge is 0.393 e. The lowest BCUT2D eigenvalue weighted by molar-refractivity contribution is -0.125. The van der Waals surface area contributed by atoms with Gasteiger partial charge in [-0.25, -0.2) is 0 Å². The summed E-state index contributed by atoms with van der Waals surface area (Å²) < 4.78 is 0. The first kappa shape index (κ1) is 14.7. The number of hydrogen-bond donors (Lipinski definition) is 2. The number of hydrogen-bond acceptors (Lipinski definition) is 2. The van der Waals surface area contributed by atoms with Crippen molar-refractivity contribution in [3.05, 3.63) is 35.9 Å². The van der Waals surface area contributed by atoms with Crippen molar-refractivity contribution >= 4 is 5.91 Å². The lowest BCUT2D eigenvalue weighted by atomic mass is 9.84. The van der Waals surface area contributed by atoms with Gasteiger partial charge in [-0.1, -0.05) is 30.3 Å². The van der Waals surface area contributed by atoms with Crippen molar-refractivity contribution in [3.8, 4) is 0 Å². The highest BCUT2D eigenvalue weighted by molar-refractivity contribution is 5.87. The third-order valence-corrected chi connectivity index (χ3v) is 3.15. The Hall–Kier alpha value is -1.35. The van der Waals surface area contributed by atoms with E-state index in [1.807, 2.05) is 44.2 Å². The normalized spacial score (nSPS) is 13.1. The number of rotatable bonds is 6. The standard InChI is InChI=1S/C15H23NO2/c1-12(17)8-7-11-16-14(18)15(2,3)13-9-5-4-6-10-13/h4-6,9-10,12,17H,7-8,11H2,1-3H3,(H,16,18). The average Bonchev–Trinajstić information content (AvgIpc) is 2.35. The summed E-state index contributed by atoms with van der Waals surface area (Å²) in [5.41, 5.74) is 0.490. The Labute approximate surface area is 109 Å². The van der Waals surface area contributed by atoms with E-state index >= 15 is 0 Å². The van der Waals surface area contributed by atoms with Gasteiger partial charge < -0.3 is 10.4 Å². The zero-order valence-corrected chi connectivity index (χ0v) is 11.4. The van der Waals surface area contributed by atoms with Crippen molar-refractivity contribution in [2.45, 2.75) is 45.1 Å². The molecule has 100 valence electrons. The van der Waals surface area contributed by atoms with Crippen molar-refractivity contribution in [3.63, 3.8) is 0 Å². The predicted molar refractivity (Wildman–Crippen MR) is 73.4 cm³/mol. The predicted octanol–water partition coefficient (Wildman–Crippen LogP) is 2.24. The second-order valence-electron chi connectivity index (χ2n) is 5.24. The Morgan fingerprint density at radius 1 is 1.33 bits per heavy atom. The summed E-state index contributed by atoms with van der Waals surface area (Å²) in [7, 11) is 0. The average molecular weight is 249 g/mol. The summed E-state index contributed by atoms with van der Waals surface area (Å²) in [6.45, 7) is 6.22. The van der Waals surface area contributed by atoms with E-state index in [4.69, 9.17) is 5.11 Å². The molecule has 0 saturated carbocycles. The summed E-state index contributed by atoms with van der Waals surface area (Å²) in [5, 5.41) is 12.1. The van der Waals surface area contributed by atoms with Gasteiger partial charge in [-0.3, -0.25) is 4.79 Å². The Morgan fingerprint density at radius 2 is 1.94 bits per heavy atom. The Morgan fingerprint density at radius 3 is 2.50 bits per heavy atom. The molecule has 1 aromatic carbocycles. The number of amides is 1. The number of nitrogens with one attached hydrogen (secondary N) is 1. The molecule has 0 aliphatic rings. The summed E-state index contributed by atoms with van der Waals surface area (Å²) >= 11 is 0. The lowest BCUT2D eigenvalue weighted by Crippen LogP contribution is -2.40. The van der Waals surface area contributed by atoms with Gasteiger partial charge in [-0.2, -0.15) is 0 Å². The van der Waals surface area contributed by atoms with Crippen molar-refractivity contribution in [2.75, 3.05) is 6.54 Å². The van der Waals surface area contributed by atoms with Crippen LogP contribution in [0.1, 0.15) is 39.2 Å². The number of aliphatic hydroxyl groups is 1. The van der Waals surface area contributed by atoms with Crippen LogP contribution < -0.4 is 5.32 Å². The van der Waals surface area contributed by atoms with Gasteiger partial charge in [0.15, 0.2) is 0 Å². The van der Waals surface area contributed by atoms with E-state index in [0.717, 1.165) is 12.0 Å².